The lowest BCUT2D eigenvalue weighted by atomic mass is 9.91. The van der Waals surface area contributed by atoms with E-state index in [2.05, 4.69) is 19.1 Å². The summed E-state index contributed by atoms with van der Waals surface area (Å²) in [6, 6.07) is 0. The van der Waals surface area contributed by atoms with Crippen LogP contribution in [0.2, 0.25) is 0 Å². The molecule has 0 aliphatic heterocycles. The van der Waals surface area contributed by atoms with Crippen molar-refractivity contribution >= 4 is 6.29 Å². The smallest absolute Gasteiger partial charge is 0.123 e. The number of aldehydes is 1. The van der Waals surface area contributed by atoms with Gasteiger partial charge in [-0.15, -0.1) is 0 Å². The average Bonchev–Trinajstić information content (AvgIpc) is 2.13. The van der Waals surface area contributed by atoms with Crippen LogP contribution in [0.15, 0.2) is 12.2 Å². The van der Waals surface area contributed by atoms with Gasteiger partial charge in [0.15, 0.2) is 0 Å². The van der Waals surface area contributed by atoms with E-state index in [0.29, 0.717) is 11.8 Å². The summed E-state index contributed by atoms with van der Waals surface area (Å²) >= 11 is 0. The van der Waals surface area contributed by atoms with Crippen LogP contribution in [0.5, 0.6) is 0 Å². The maximum atomic E-state index is 10.5. The van der Waals surface area contributed by atoms with Crippen LogP contribution in [0.25, 0.3) is 0 Å². The lowest BCUT2D eigenvalue weighted by molar-refractivity contribution is -0.112. The second kappa shape index (κ2) is 3.55. The van der Waals surface area contributed by atoms with Crippen LogP contribution in [0.1, 0.15) is 26.2 Å². The number of carbonyl (C=O) groups excluding carboxylic acids is 1. The zero-order valence-corrected chi connectivity index (χ0v) is 6.42. The van der Waals surface area contributed by atoms with E-state index in [9.17, 15) is 4.79 Å². The Bertz CT molecular complexity index is 138. The number of carbonyl (C=O) groups is 1. The Labute approximate surface area is 62.1 Å². The molecule has 10 heavy (non-hydrogen) atoms. The van der Waals surface area contributed by atoms with Crippen molar-refractivity contribution in [2.45, 2.75) is 26.2 Å². The lowest BCUT2D eigenvalue weighted by Crippen LogP contribution is -2.10. The number of allylic oxidation sites excluding steroid dienone is 2. The predicted molar refractivity (Wildman–Crippen MR) is 41.7 cm³/mol. The molecular weight excluding hydrogens is 124 g/mol. The van der Waals surface area contributed by atoms with Crippen molar-refractivity contribution < 1.29 is 4.79 Å². The Morgan fingerprint density at radius 1 is 1.50 bits per heavy atom. The predicted octanol–water partition coefficient (Wildman–Crippen LogP) is 2.18. The fourth-order valence-corrected chi connectivity index (χ4v) is 1.38. The Balaban J connectivity index is 2.50. The largest absolute Gasteiger partial charge is 0.303 e. The summed E-state index contributed by atoms with van der Waals surface area (Å²) in [5, 5.41) is 0. The topological polar surface area (TPSA) is 17.1 Å². The average molecular weight is 138 g/mol. The normalized spacial score (nSPS) is 33.3. The van der Waals surface area contributed by atoms with Crippen LogP contribution >= 0.6 is 0 Å². The molecule has 0 aromatic carbocycles. The fourth-order valence-electron chi connectivity index (χ4n) is 1.38. The van der Waals surface area contributed by atoms with Gasteiger partial charge in [0.05, 0.1) is 0 Å². The van der Waals surface area contributed by atoms with E-state index < -0.39 is 0 Å². The molecule has 0 radical (unpaired) electrons. The molecule has 0 aromatic heterocycles. The maximum Gasteiger partial charge on any atom is 0.123 e. The highest BCUT2D eigenvalue weighted by Crippen LogP contribution is 2.22. The molecule has 2 unspecified atom stereocenters. The number of rotatable bonds is 1. The zero-order valence-electron chi connectivity index (χ0n) is 6.42. The monoisotopic (exact) mass is 138 g/mol. The molecule has 1 heteroatoms. The summed E-state index contributed by atoms with van der Waals surface area (Å²) in [5.74, 6) is 0.853. The van der Waals surface area contributed by atoms with E-state index in [-0.39, 0.29) is 0 Å². The third kappa shape index (κ3) is 1.69. The molecule has 0 bridgehead atoms. The Morgan fingerprint density at radius 3 is 3.00 bits per heavy atom. The minimum Gasteiger partial charge on any atom is -0.303 e. The van der Waals surface area contributed by atoms with Gasteiger partial charge in [0, 0.05) is 5.92 Å². The lowest BCUT2D eigenvalue weighted by Gasteiger charge is -2.13. The first-order valence-electron chi connectivity index (χ1n) is 3.95. The van der Waals surface area contributed by atoms with Crippen LogP contribution in [-0.4, -0.2) is 6.29 Å². The quantitative estimate of drug-likeness (QED) is 0.401. The molecule has 0 amide bonds. The van der Waals surface area contributed by atoms with Crippen LogP contribution in [0.3, 0.4) is 0 Å². The summed E-state index contributed by atoms with van der Waals surface area (Å²) in [6.07, 6.45) is 8.67. The standard InChI is InChI=1S/C9H14O/c1-8-5-3-2-4-6-9(8)7-10/h2-3,7-9H,4-6H2,1H3. The highest BCUT2D eigenvalue weighted by Gasteiger charge is 2.15. The van der Waals surface area contributed by atoms with Gasteiger partial charge < -0.3 is 4.79 Å². The Kier molecular flexibility index (Phi) is 2.67. The van der Waals surface area contributed by atoms with Gasteiger partial charge in [-0.05, 0) is 25.2 Å². The van der Waals surface area contributed by atoms with Gasteiger partial charge in [-0.1, -0.05) is 19.1 Å². The van der Waals surface area contributed by atoms with Gasteiger partial charge in [0.2, 0.25) is 0 Å². The van der Waals surface area contributed by atoms with Crippen molar-refractivity contribution in [3.8, 4) is 0 Å². The van der Waals surface area contributed by atoms with Gasteiger partial charge in [-0.2, -0.15) is 0 Å². The van der Waals surface area contributed by atoms with Gasteiger partial charge in [-0.25, -0.2) is 0 Å². The molecule has 0 saturated heterocycles. The molecule has 0 spiro atoms. The van der Waals surface area contributed by atoms with Crippen LogP contribution in [-0.2, 0) is 4.79 Å². The number of hydrogen-bond donors (Lipinski definition) is 0. The van der Waals surface area contributed by atoms with E-state index in [1.807, 2.05) is 0 Å². The molecule has 1 rings (SSSR count). The molecule has 0 N–H and O–H groups in total. The first kappa shape index (κ1) is 7.52. The van der Waals surface area contributed by atoms with Gasteiger partial charge in [-0.3, -0.25) is 0 Å². The van der Waals surface area contributed by atoms with Crippen molar-refractivity contribution in [3.05, 3.63) is 12.2 Å². The van der Waals surface area contributed by atoms with Crippen LogP contribution < -0.4 is 0 Å². The van der Waals surface area contributed by atoms with Crippen LogP contribution in [0, 0.1) is 11.8 Å². The van der Waals surface area contributed by atoms with E-state index in [0.717, 1.165) is 25.5 Å². The summed E-state index contributed by atoms with van der Waals surface area (Å²) in [7, 11) is 0. The van der Waals surface area contributed by atoms with Gasteiger partial charge in [0.25, 0.3) is 0 Å². The van der Waals surface area contributed by atoms with Crippen LogP contribution in [0.4, 0.5) is 0 Å². The summed E-state index contributed by atoms with van der Waals surface area (Å²) in [6.45, 7) is 2.15. The third-order valence-electron chi connectivity index (χ3n) is 2.25. The first-order valence-corrected chi connectivity index (χ1v) is 3.95. The molecule has 0 fully saturated rings. The van der Waals surface area contributed by atoms with Gasteiger partial charge in [0.1, 0.15) is 6.29 Å². The molecular formula is C9H14O. The minimum atomic E-state index is 0.301. The van der Waals surface area contributed by atoms with Crippen molar-refractivity contribution in [1.82, 2.24) is 0 Å². The highest BCUT2D eigenvalue weighted by atomic mass is 16.1. The molecule has 0 aromatic rings. The molecule has 1 aliphatic rings. The van der Waals surface area contributed by atoms with E-state index in [1.54, 1.807) is 0 Å². The van der Waals surface area contributed by atoms with E-state index in [1.165, 1.54) is 0 Å². The second-order valence-corrected chi connectivity index (χ2v) is 3.06. The first-order chi connectivity index (χ1) is 4.84. The zero-order chi connectivity index (χ0) is 7.40. The Morgan fingerprint density at radius 2 is 2.30 bits per heavy atom. The summed E-state index contributed by atoms with van der Waals surface area (Å²) < 4.78 is 0. The van der Waals surface area contributed by atoms with Gasteiger partial charge >= 0.3 is 0 Å². The van der Waals surface area contributed by atoms with E-state index in [4.69, 9.17) is 0 Å². The van der Waals surface area contributed by atoms with Crippen molar-refractivity contribution in [1.29, 1.82) is 0 Å². The molecule has 0 heterocycles. The Hall–Kier alpha value is -0.590. The number of hydrogen-bond acceptors (Lipinski definition) is 1. The molecule has 1 aliphatic carbocycles. The summed E-state index contributed by atoms with van der Waals surface area (Å²) in [4.78, 5) is 10.5. The minimum absolute atomic E-state index is 0.301. The molecule has 56 valence electrons. The van der Waals surface area contributed by atoms with Crippen molar-refractivity contribution in [3.63, 3.8) is 0 Å². The van der Waals surface area contributed by atoms with E-state index >= 15 is 0 Å². The maximum absolute atomic E-state index is 10.5. The molecule has 2 atom stereocenters. The van der Waals surface area contributed by atoms with Crippen molar-refractivity contribution in [2.24, 2.45) is 11.8 Å². The SMILES string of the molecule is CC1CC=CCCC1C=O. The highest BCUT2D eigenvalue weighted by molar-refractivity contribution is 5.54. The third-order valence-corrected chi connectivity index (χ3v) is 2.25. The molecule has 0 saturated carbocycles. The van der Waals surface area contributed by atoms with Crippen molar-refractivity contribution in [2.75, 3.05) is 0 Å². The summed E-state index contributed by atoms with van der Waals surface area (Å²) in [5.41, 5.74) is 0. The fraction of sp³-hybridized carbons (Fsp3) is 0.667. The molecule has 1 nitrogen and oxygen atoms in total. The second-order valence-electron chi connectivity index (χ2n) is 3.06.